The Morgan fingerprint density at radius 2 is 1.00 bits per heavy atom. The van der Waals surface area contributed by atoms with Crippen LogP contribution >= 0.6 is 20.4 Å². The van der Waals surface area contributed by atoms with Gasteiger partial charge in [0.15, 0.2) is 0 Å². The fourth-order valence-electron chi connectivity index (χ4n) is 4.10. The van der Waals surface area contributed by atoms with Crippen LogP contribution in [0.5, 0.6) is 0 Å². The normalized spacial score (nSPS) is 12.7. The predicted octanol–water partition coefficient (Wildman–Crippen LogP) is 9.55. The second-order valence-corrected chi connectivity index (χ2v) is 11.3. The first kappa shape index (κ1) is 31.7. The fraction of sp³-hybridized carbons (Fsp3) is 1.00. The number of rotatable bonds is 26. The van der Waals surface area contributed by atoms with E-state index in [1.807, 2.05) is 0 Å². The Morgan fingerprint density at radius 1 is 0.581 bits per heavy atom. The van der Waals surface area contributed by atoms with Crippen LogP contribution in [0.15, 0.2) is 0 Å². The molecule has 31 heavy (non-hydrogen) atoms. The zero-order valence-electron chi connectivity index (χ0n) is 21.0. The van der Waals surface area contributed by atoms with Crippen molar-refractivity contribution in [1.29, 1.82) is 0 Å². The minimum atomic E-state index is -2.16. The molecule has 0 aliphatic heterocycles. The standard InChI is InChI=1S/C26H55O3PS/c1-3-5-7-8-14-17-21-25-31-26(22-18-6-4-2)23-19-15-12-10-9-11-13-16-20-24-29-30(27)28/h26-28H,3-25H2,1-2H3. The van der Waals surface area contributed by atoms with Crippen LogP contribution in [-0.2, 0) is 4.52 Å². The van der Waals surface area contributed by atoms with E-state index in [9.17, 15) is 0 Å². The first-order chi connectivity index (χ1) is 15.2. The van der Waals surface area contributed by atoms with E-state index >= 15 is 0 Å². The summed E-state index contributed by atoms with van der Waals surface area (Å²) in [5.74, 6) is 1.38. The quantitative estimate of drug-likeness (QED) is 0.0959. The predicted molar refractivity (Wildman–Crippen MR) is 142 cm³/mol. The van der Waals surface area contributed by atoms with Crippen molar-refractivity contribution in [2.75, 3.05) is 12.4 Å². The van der Waals surface area contributed by atoms with Crippen molar-refractivity contribution < 1.29 is 14.3 Å². The third-order valence-corrected chi connectivity index (χ3v) is 7.99. The van der Waals surface area contributed by atoms with Gasteiger partial charge in [0, 0.05) is 5.25 Å². The highest BCUT2D eigenvalue weighted by Crippen LogP contribution is 2.26. The Morgan fingerprint density at radius 3 is 1.55 bits per heavy atom. The van der Waals surface area contributed by atoms with Crippen LogP contribution in [0.3, 0.4) is 0 Å². The maximum Gasteiger partial charge on any atom is 0.327 e. The molecular formula is C26H55O3PS. The van der Waals surface area contributed by atoms with Crippen LogP contribution in [0.1, 0.15) is 149 Å². The molecule has 0 amide bonds. The smallest absolute Gasteiger partial charge is 0.327 e. The Labute approximate surface area is 200 Å². The van der Waals surface area contributed by atoms with E-state index in [1.54, 1.807) is 0 Å². The molecule has 3 nitrogen and oxygen atoms in total. The van der Waals surface area contributed by atoms with Gasteiger partial charge in [-0.3, -0.25) is 0 Å². The molecule has 0 saturated carbocycles. The van der Waals surface area contributed by atoms with E-state index in [4.69, 9.17) is 14.3 Å². The molecule has 0 saturated heterocycles. The lowest BCUT2D eigenvalue weighted by Crippen LogP contribution is -2.04. The molecule has 0 aliphatic rings. The monoisotopic (exact) mass is 478 g/mol. The lowest BCUT2D eigenvalue weighted by atomic mass is 10.0. The second kappa shape index (κ2) is 26.9. The van der Waals surface area contributed by atoms with Crippen LogP contribution < -0.4 is 0 Å². The molecule has 2 N–H and O–H groups in total. The van der Waals surface area contributed by atoms with Crippen molar-refractivity contribution in [3.05, 3.63) is 0 Å². The van der Waals surface area contributed by atoms with Crippen LogP contribution in [0.4, 0.5) is 0 Å². The molecule has 0 spiro atoms. The molecular weight excluding hydrogens is 423 g/mol. The molecule has 0 aromatic heterocycles. The van der Waals surface area contributed by atoms with Gasteiger partial charge in [0.1, 0.15) is 0 Å². The molecule has 0 aliphatic carbocycles. The molecule has 0 aromatic carbocycles. The lowest BCUT2D eigenvalue weighted by molar-refractivity contribution is 0.248. The number of hydrogen-bond donors (Lipinski definition) is 2. The first-order valence-electron chi connectivity index (χ1n) is 13.6. The summed E-state index contributed by atoms with van der Waals surface area (Å²) in [5.41, 5.74) is 0. The van der Waals surface area contributed by atoms with Crippen molar-refractivity contribution in [1.82, 2.24) is 0 Å². The van der Waals surface area contributed by atoms with Crippen molar-refractivity contribution in [3.63, 3.8) is 0 Å². The summed E-state index contributed by atoms with van der Waals surface area (Å²) in [6, 6.07) is 0. The van der Waals surface area contributed by atoms with Gasteiger partial charge in [-0.25, -0.2) is 0 Å². The zero-order chi connectivity index (χ0) is 22.8. The van der Waals surface area contributed by atoms with Gasteiger partial charge >= 0.3 is 8.60 Å². The summed E-state index contributed by atoms with van der Waals surface area (Å²) < 4.78 is 4.79. The summed E-state index contributed by atoms with van der Waals surface area (Å²) in [6.07, 6.45) is 28.6. The van der Waals surface area contributed by atoms with Crippen LogP contribution in [-0.4, -0.2) is 27.4 Å². The fourth-order valence-corrected chi connectivity index (χ4v) is 5.76. The average Bonchev–Trinajstić information content (AvgIpc) is 2.75. The van der Waals surface area contributed by atoms with Gasteiger partial charge in [-0.2, -0.15) is 11.8 Å². The van der Waals surface area contributed by atoms with Crippen LogP contribution in [0, 0.1) is 0 Å². The van der Waals surface area contributed by atoms with Gasteiger partial charge in [0.25, 0.3) is 0 Å². The van der Waals surface area contributed by atoms with Gasteiger partial charge in [0.2, 0.25) is 0 Å². The molecule has 0 fully saturated rings. The molecule has 5 heteroatoms. The van der Waals surface area contributed by atoms with Gasteiger partial charge in [0.05, 0.1) is 6.61 Å². The Balaban J connectivity index is 3.58. The number of unbranched alkanes of at least 4 members (excludes halogenated alkanes) is 16. The van der Waals surface area contributed by atoms with Crippen molar-refractivity contribution in [2.24, 2.45) is 0 Å². The molecule has 0 bridgehead atoms. The summed E-state index contributed by atoms with van der Waals surface area (Å²) >= 11 is 2.28. The summed E-state index contributed by atoms with van der Waals surface area (Å²) in [4.78, 5) is 17.4. The molecule has 0 aromatic rings. The van der Waals surface area contributed by atoms with E-state index in [1.165, 1.54) is 128 Å². The van der Waals surface area contributed by atoms with Gasteiger partial charge in [-0.05, 0) is 31.4 Å². The first-order valence-corrected chi connectivity index (χ1v) is 15.8. The number of hydrogen-bond acceptors (Lipinski definition) is 4. The zero-order valence-corrected chi connectivity index (χ0v) is 22.7. The molecule has 188 valence electrons. The highest BCUT2D eigenvalue weighted by molar-refractivity contribution is 7.99. The Bertz CT molecular complexity index is 332. The minimum absolute atomic E-state index is 0.481. The third kappa shape index (κ3) is 26.8. The van der Waals surface area contributed by atoms with Gasteiger partial charge in [-0.1, -0.05) is 123 Å². The number of thioether (sulfide) groups is 1. The topological polar surface area (TPSA) is 49.7 Å². The molecule has 0 rings (SSSR count). The van der Waals surface area contributed by atoms with Gasteiger partial charge in [-0.15, -0.1) is 0 Å². The minimum Gasteiger partial charge on any atom is -0.328 e. The van der Waals surface area contributed by atoms with Crippen molar-refractivity contribution >= 4 is 20.4 Å². The molecule has 0 radical (unpaired) electrons. The maximum atomic E-state index is 8.68. The summed E-state index contributed by atoms with van der Waals surface area (Å²) in [7, 11) is -2.16. The highest BCUT2D eigenvalue weighted by atomic mass is 32.2. The largest absolute Gasteiger partial charge is 0.328 e. The van der Waals surface area contributed by atoms with E-state index in [0.717, 1.165) is 18.1 Å². The summed E-state index contributed by atoms with van der Waals surface area (Å²) in [5, 5.41) is 0.910. The second-order valence-electron chi connectivity index (χ2n) is 9.17. The maximum absolute atomic E-state index is 8.68. The van der Waals surface area contributed by atoms with Crippen LogP contribution in [0.2, 0.25) is 0 Å². The summed E-state index contributed by atoms with van der Waals surface area (Å²) in [6.45, 7) is 5.09. The van der Waals surface area contributed by atoms with E-state index < -0.39 is 8.60 Å². The van der Waals surface area contributed by atoms with E-state index in [-0.39, 0.29) is 0 Å². The van der Waals surface area contributed by atoms with Crippen molar-refractivity contribution in [2.45, 2.75) is 154 Å². The van der Waals surface area contributed by atoms with Crippen LogP contribution in [0.25, 0.3) is 0 Å². The van der Waals surface area contributed by atoms with E-state index in [0.29, 0.717) is 6.61 Å². The molecule has 0 heterocycles. The Hall–Kier alpha value is 0.660. The lowest BCUT2D eigenvalue weighted by Gasteiger charge is -2.16. The van der Waals surface area contributed by atoms with Crippen molar-refractivity contribution in [3.8, 4) is 0 Å². The average molecular weight is 479 g/mol. The van der Waals surface area contributed by atoms with Gasteiger partial charge < -0.3 is 14.3 Å². The molecule has 1 atom stereocenters. The Kier molecular flexibility index (Phi) is 27.5. The SMILES string of the molecule is CCCCCCCCCSC(CCCCC)CCCCCCCCCCCOP(O)O. The highest BCUT2D eigenvalue weighted by Gasteiger charge is 2.09. The molecule has 1 unspecified atom stereocenters. The van der Waals surface area contributed by atoms with E-state index in [2.05, 4.69) is 25.6 Å². The third-order valence-electron chi connectivity index (χ3n) is 6.11.